The Balaban J connectivity index is 2.07. The highest BCUT2D eigenvalue weighted by molar-refractivity contribution is 7.80. The molecule has 0 saturated carbocycles. The summed E-state index contributed by atoms with van der Waals surface area (Å²) < 4.78 is 0. The molecule has 98 valence electrons. The third kappa shape index (κ3) is 2.99. The van der Waals surface area contributed by atoms with Crippen LogP contribution in [-0.4, -0.2) is 27.1 Å². The lowest BCUT2D eigenvalue weighted by molar-refractivity contribution is 0.194. The lowest BCUT2D eigenvalue weighted by atomic mass is 9.98. The van der Waals surface area contributed by atoms with E-state index in [2.05, 4.69) is 29.0 Å². The third-order valence-electron chi connectivity index (χ3n) is 3.55. The fourth-order valence-electron chi connectivity index (χ4n) is 2.61. The molecule has 4 heteroatoms. The molecule has 0 aromatic carbocycles. The Morgan fingerprint density at radius 1 is 1.33 bits per heavy atom. The highest BCUT2D eigenvalue weighted by atomic mass is 32.1. The monoisotopic (exact) mass is 263 g/mol. The van der Waals surface area contributed by atoms with Gasteiger partial charge in [0, 0.05) is 17.8 Å². The molecular weight excluding hydrogens is 242 g/mol. The van der Waals surface area contributed by atoms with Crippen LogP contribution in [0.5, 0.6) is 0 Å². The lowest BCUT2D eigenvalue weighted by Gasteiger charge is -2.40. The topological polar surface area (TPSA) is 28.2 Å². The summed E-state index contributed by atoms with van der Waals surface area (Å²) in [7, 11) is 0. The Labute approximate surface area is 115 Å². The molecule has 2 atom stereocenters. The van der Waals surface area contributed by atoms with E-state index in [4.69, 9.17) is 12.2 Å². The standard InChI is InChI=1S/C14H21N3S/c1-10-6-4-9-13(15-10)16-14(18)17-11(2)7-5-8-12(17)3/h4,6,9,11-12H,5,7-8H2,1-3H3,(H,15,16,18). The van der Waals surface area contributed by atoms with Crippen molar-refractivity contribution in [3.63, 3.8) is 0 Å². The Bertz CT molecular complexity index is 423. The number of rotatable bonds is 1. The average Bonchev–Trinajstić information content (AvgIpc) is 2.28. The Morgan fingerprint density at radius 2 is 2.00 bits per heavy atom. The molecule has 1 aliphatic rings. The first-order valence-corrected chi connectivity index (χ1v) is 7.01. The fraction of sp³-hybridized carbons (Fsp3) is 0.571. The summed E-state index contributed by atoms with van der Waals surface area (Å²) >= 11 is 5.53. The van der Waals surface area contributed by atoms with Gasteiger partial charge in [0.15, 0.2) is 5.11 Å². The molecule has 0 bridgehead atoms. The van der Waals surface area contributed by atoms with Crippen LogP contribution in [0, 0.1) is 6.92 Å². The van der Waals surface area contributed by atoms with Gasteiger partial charge in [-0.3, -0.25) is 0 Å². The van der Waals surface area contributed by atoms with Gasteiger partial charge in [-0.15, -0.1) is 0 Å². The van der Waals surface area contributed by atoms with Crippen LogP contribution >= 0.6 is 12.2 Å². The van der Waals surface area contributed by atoms with Crippen LogP contribution in [0.15, 0.2) is 18.2 Å². The number of aryl methyl sites for hydroxylation is 1. The largest absolute Gasteiger partial charge is 0.344 e. The zero-order chi connectivity index (χ0) is 13.1. The summed E-state index contributed by atoms with van der Waals surface area (Å²) in [6.45, 7) is 6.47. The molecule has 3 nitrogen and oxygen atoms in total. The zero-order valence-electron chi connectivity index (χ0n) is 11.3. The summed E-state index contributed by atoms with van der Waals surface area (Å²) in [5.74, 6) is 0.838. The average molecular weight is 263 g/mol. The molecule has 1 aliphatic heterocycles. The van der Waals surface area contributed by atoms with Crippen LogP contribution < -0.4 is 5.32 Å². The van der Waals surface area contributed by atoms with E-state index in [-0.39, 0.29) is 0 Å². The first-order chi connectivity index (χ1) is 8.58. The lowest BCUT2D eigenvalue weighted by Crippen LogP contribution is -2.49. The number of anilines is 1. The van der Waals surface area contributed by atoms with Gasteiger partial charge in [0.2, 0.25) is 0 Å². The molecule has 0 spiro atoms. The van der Waals surface area contributed by atoms with Crippen LogP contribution in [0.4, 0.5) is 5.82 Å². The number of pyridine rings is 1. The number of aromatic nitrogens is 1. The minimum atomic E-state index is 0.513. The van der Waals surface area contributed by atoms with Crippen LogP contribution in [0.1, 0.15) is 38.8 Å². The first kappa shape index (κ1) is 13.3. The van der Waals surface area contributed by atoms with Gasteiger partial charge in [-0.05, 0) is 64.4 Å². The summed E-state index contributed by atoms with van der Waals surface area (Å²) in [6, 6.07) is 6.96. The predicted molar refractivity (Wildman–Crippen MR) is 79.8 cm³/mol. The number of nitrogens with zero attached hydrogens (tertiary/aromatic N) is 2. The molecule has 18 heavy (non-hydrogen) atoms. The van der Waals surface area contributed by atoms with Gasteiger partial charge in [-0.1, -0.05) is 6.07 Å². The van der Waals surface area contributed by atoms with E-state index in [0.29, 0.717) is 12.1 Å². The maximum Gasteiger partial charge on any atom is 0.175 e. The van der Waals surface area contributed by atoms with Crippen molar-refractivity contribution in [2.45, 2.75) is 52.1 Å². The molecule has 1 aromatic rings. The van der Waals surface area contributed by atoms with E-state index in [1.807, 2.05) is 25.1 Å². The molecule has 2 unspecified atom stereocenters. The van der Waals surface area contributed by atoms with Crippen molar-refractivity contribution in [3.05, 3.63) is 23.9 Å². The van der Waals surface area contributed by atoms with E-state index in [0.717, 1.165) is 16.6 Å². The number of hydrogen-bond donors (Lipinski definition) is 1. The van der Waals surface area contributed by atoms with Gasteiger partial charge >= 0.3 is 0 Å². The quantitative estimate of drug-likeness (QED) is 0.787. The van der Waals surface area contributed by atoms with E-state index in [1.165, 1.54) is 19.3 Å². The highest BCUT2D eigenvalue weighted by Crippen LogP contribution is 2.23. The second-order valence-corrected chi connectivity index (χ2v) is 5.52. The fourth-order valence-corrected chi connectivity index (χ4v) is 3.07. The molecule has 0 aliphatic carbocycles. The van der Waals surface area contributed by atoms with Crippen molar-refractivity contribution in [2.24, 2.45) is 0 Å². The van der Waals surface area contributed by atoms with Gasteiger partial charge in [0.25, 0.3) is 0 Å². The van der Waals surface area contributed by atoms with Crippen LogP contribution in [0.25, 0.3) is 0 Å². The van der Waals surface area contributed by atoms with E-state index < -0.39 is 0 Å². The molecule has 0 radical (unpaired) electrons. The molecular formula is C14H21N3S. The Hall–Kier alpha value is -1.16. The number of thiocarbonyl (C=S) groups is 1. The second-order valence-electron chi connectivity index (χ2n) is 5.13. The van der Waals surface area contributed by atoms with E-state index in [1.54, 1.807) is 0 Å². The highest BCUT2D eigenvalue weighted by Gasteiger charge is 2.26. The SMILES string of the molecule is Cc1cccc(NC(=S)N2C(C)CCCC2C)n1. The number of hydrogen-bond acceptors (Lipinski definition) is 2. The normalized spacial score (nSPS) is 23.8. The second kappa shape index (κ2) is 5.65. The predicted octanol–water partition coefficient (Wildman–Crippen LogP) is 3.35. The molecule has 1 N–H and O–H groups in total. The Morgan fingerprint density at radius 3 is 2.61 bits per heavy atom. The van der Waals surface area contributed by atoms with Crippen LogP contribution in [0.3, 0.4) is 0 Å². The number of nitrogens with one attached hydrogen (secondary N) is 1. The minimum absolute atomic E-state index is 0.513. The van der Waals surface area contributed by atoms with Gasteiger partial charge in [0.1, 0.15) is 5.82 Å². The smallest absolute Gasteiger partial charge is 0.175 e. The van der Waals surface area contributed by atoms with Crippen molar-refractivity contribution in [1.82, 2.24) is 9.88 Å². The summed E-state index contributed by atoms with van der Waals surface area (Å²) in [5, 5.41) is 4.06. The first-order valence-electron chi connectivity index (χ1n) is 6.61. The van der Waals surface area contributed by atoms with Crippen molar-refractivity contribution >= 4 is 23.1 Å². The Kier molecular flexibility index (Phi) is 4.17. The third-order valence-corrected chi connectivity index (χ3v) is 3.86. The number of piperidine rings is 1. The van der Waals surface area contributed by atoms with Gasteiger partial charge in [0.05, 0.1) is 0 Å². The summed E-state index contributed by atoms with van der Waals surface area (Å²) in [4.78, 5) is 6.74. The molecule has 1 saturated heterocycles. The van der Waals surface area contributed by atoms with Crippen molar-refractivity contribution in [2.75, 3.05) is 5.32 Å². The van der Waals surface area contributed by atoms with Crippen LogP contribution in [-0.2, 0) is 0 Å². The van der Waals surface area contributed by atoms with Crippen LogP contribution in [0.2, 0.25) is 0 Å². The maximum absolute atomic E-state index is 5.53. The maximum atomic E-state index is 5.53. The zero-order valence-corrected chi connectivity index (χ0v) is 12.1. The van der Waals surface area contributed by atoms with Gasteiger partial charge in [-0.2, -0.15) is 0 Å². The van der Waals surface area contributed by atoms with Gasteiger partial charge < -0.3 is 10.2 Å². The summed E-state index contributed by atoms with van der Waals surface area (Å²) in [6.07, 6.45) is 3.73. The number of likely N-dealkylation sites (tertiary alicyclic amines) is 1. The van der Waals surface area contributed by atoms with E-state index in [9.17, 15) is 0 Å². The molecule has 2 heterocycles. The molecule has 1 aromatic heterocycles. The molecule has 0 amide bonds. The summed E-state index contributed by atoms with van der Waals surface area (Å²) in [5.41, 5.74) is 1.00. The molecule has 1 fully saturated rings. The minimum Gasteiger partial charge on any atom is -0.344 e. The van der Waals surface area contributed by atoms with Crippen molar-refractivity contribution in [1.29, 1.82) is 0 Å². The van der Waals surface area contributed by atoms with Crippen molar-refractivity contribution < 1.29 is 0 Å². The van der Waals surface area contributed by atoms with E-state index >= 15 is 0 Å². The van der Waals surface area contributed by atoms with Gasteiger partial charge in [-0.25, -0.2) is 4.98 Å². The molecule has 2 rings (SSSR count). The van der Waals surface area contributed by atoms with Crippen molar-refractivity contribution in [3.8, 4) is 0 Å².